The Kier molecular flexibility index (Phi) is 10.3. The average Bonchev–Trinajstić information content (AvgIpc) is 3.39. The number of unbranched alkanes of at least 4 members (excludes halogenated alkanes) is 1. The van der Waals surface area contributed by atoms with E-state index in [-0.39, 0.29) is 24.1 Å². The molecular formula is C35H47NO5. The van der Waals surface area contributed by atoms with Gasteiger partial charge in [0.2, 0.25) is 0 Å². The van der Waals surface area contributed by atoms with Crippen LogP contribution in [0.25, 0.3) is 0 Å². The first-order valence-electron chi connectivity index (χ1n) is 15.9. The molecule has 4 aliphatic rings. The summed E-state index contributed by atoms with van der Waals surface area (Å²) in [5.41, 5.74) is 3.63. The van der Waals surface area contributed by atoms with Gasteiger partial charge in [-0.15, -0.1) is 0 Å². The van der Waals surface area contributed by atoms with E-state index in [9.17, 15) is 9.59 Å². The molecule has 0 aromatic heterocycles. The highest BCUT2D eigenvalue weighted by atomic mass is 16.7. The first kappa shape index (κ1) is 29.9. The molecule has 1 unspecified atom stereocenters. The molecule has 0 N–H and O–H groups in total. The summed E-state index contributed by atoms with van der Waals surface area (Å²) in [5.74, 6) is 0.606. The minimum atomic E-state index is -0.625. The van der Waals surface area contributed by atoms with Crippen LogP contribution in [0.4, 0.5) is 0 Å². The van der Waals surface area contributed by atoms with Crippen LogP contribution in [0.5, 0.6) is 0 Å². The summed E-state index contributed by atoms with van der Waals surface area (Å²) < 4.78 is 17.6. The molecule has 0 spiro atoms. The number of aryl methyl sites for hydroxylation is 2. The molecule has 41 heavy (non-hydrogen) atoms. The molecule has 3 aliphatic heterocycles. The Morgan fingerprint density at radius 3 is 2.51 bits per heavy atom. The van der Waals surface area contributed by atoms with Crippen molar-refractivity contribution in [2.24, 2.45) is 5.92 Å². The van der Waals surface area contributed by atoms with E-state index in [1.807, 2.05) is 38.1 Å². The maximum absolute atomic E-state index is 14.0. The smallest absolute Gasteiger partial charge is 0.316 e. The summed E-state index contributed by atoms with van der Waals surface area (Å²) in [6.07, 6.45) is 8.20. The number of piperidine rings is 3. The van der Waals surface area contributed by atoms with Crippen LogP contribution in [0.2, 0.25) is 0 Å². The summed E-state index contributed by atoms with van der Waals surface area (Å²) in [5, 5.41) is 0. The fourth-order valence-corrected chi connectivity index (χ4v) is 7.14. The number of esters is 1. The number of hydrogen-bond acceptors (Lipinski definition) is 6. The lowest BCUT2D eigenvalue weighted by Gasteiger charge is -2.45. The van der Waals surface area contributed by atoms with Crippen molar-refractivity contribution in [2.45, 2.75) is 95.9 Å². The Balaban J connectivity index is 1.22. The Morgan fingerprint density at radius 2 is 1.78 bits per heavy atom. The molecule has 3 fully saturated rings. The highest BCUT2D eigenvalue weighted by Crippen LogP contribution is 2.44. The average molecular weight is 562 g/mol. The minimum Gasteiger partial charge on any atom is -0.460 e. The minimum absolute atomic E-state index is 0.00735. The van der Waals surface area contributed by atoms with Gasteiger partial charge < -0.3 is 14.2 Å². The second-order valence-corrected chi connectivity index (χ2v) is 12.0. The summed E-state index contributed by atoms with van der Waals surface area (Å²) in [4.78, 5) is 29.5. The van der Waals surface area contributed by atoms with Gasteiger partial charge in [0.1, 0.15) is 6.10 Å². The summed E-state index contributed by atoms with van der Waals surface area (Å²) >= 11 is 0. The summed E-state index contributed by atoms with van der Waals surface area (Å²) in [7, 11) is 0. The second-order valence-electron chi connectivity index (χ2n) is 12.0. The van der Waals surface area contributed by atoms with Gasteiger partial charge in [0.15, 0.2) is 12.1 Å². The molecule has 0 saturated carbocycles. The zero-order valence-electron chi connectivity index (χ0n) is 24.9. The number of nitrogens with zero attached hydrogens (tertiary/aromatic N) is 1. The van der Waals surface area contributed by atoms with Crippen molar-refractivity contribution in [3.8, 4) is 0 Å². The summed E-state index contributed by atoms with van der Waals surface area (Å²) in [6, 6.07) is 16.4. The van der Waals surface area contributed by atoms with Crippen LogP contribution in [-0.4, -0.2) is 61.9 Å². The first-order valence-corrected chi connectivity index (χ1v) is 15.9. The van der Waals surface area contributed by atoms with Crippen LogP contribution in [0.1, 0.15) is 92.3 Å². The fraction of sp³-hybridized carbons (Fsp3) is 0.600. The van der Waals surface area contributed by atoms with Gasteiger partial charge in [0, 0.05) is 31.7 Å². The maximum Gasteiger partial charge on any atom is 0.316 e. The lowest BCUT2D eigenvalue weighted by atomic mass is 9.76. The quantitative estimate of drug-likeness (QED) is 0.110. The van der Waals surface area contributed by atoms with E-state index in [2.05, 4.69) is 29.2 Å². The third-order valence-corrected chi connectivity index (χ3v) is 9.49. The molecule has 3 heterocycles. The Morgan fingerprint density at radius 1 is 1.00 bits per heavy atom. The molecule has 2 atom stereocenters. The molecule has 2 aromatic rings. The largest absolute Gasteiger partial charge is 0.460 e. The first-order chi connectivity index (χ1) is 20.0. The Labute approximate surface area is 245 Å². The molecular weight excluding hydrogens is 514 g/mol. The van der Waals surface area contributed by atoms with Crippen molar-refractivity contribution < 1.29 is 23.8 Å². The number of Topliss-reactive ketones (excluding diaryl/α,β-unsaturated/α-hetero) is 1. The van der Waals surface area contributed by atoms with E-state index < -0.39 is 5.41 Å². The normalized spacial score (nSPS) is 24.9. The van der Waals surface area contributed by atoms with Crippen molar-refractivity contribution in [2.75, 3.05) is 32.8 Å². The predicted octanol–water partition coefficient (Wildman–Crippen LogP) is 6.28. The molecule has 222 valence electrons. The van der Waals surface area contributed by atoms with Crippen molar-refractivity contribution >= 4 is 11.8 Å². The highest BCUT2D eigenvalue weighted by molar-refractivity contribution is 5.96. The number of hydrogen-bond donors (Lipinski definition) is 0. The zero-order chi connectivity index (χ0) is 28.7. The Bertz CT molecular complexity index is 1170. The SMILES string of the molecule is CCOC(CCCCC(=O)c1cccc(CCC2(C(=O)O[C@H]3CN4CCC3CC4)CCc3ccccc32)c1)OCC. The number of ether oxygens (including phenoxy) is 3. The fourth-order valence-electron chi connectivity index (χ4n) is 7.14. The van der Waals surface area contributed by atoms with E-state index in [0.29, 0.717) is 32.0 Å². The van der Waals surface area contributed by atoms with Gasteiger partial charge in [0.05, 0.1) is 5.41 Å². The topological polar surface area (TPSA) is 65.1 Å². The monoisotopic (exact) mass is 561 g/mol. The molecule has 0 amide bonds. The highest BCUT2D eigenvalue weighted by Gasteiger charge is 2.48. The van der Waals surface area contributed by atoms with E-state index in [1.165, 1.54) is 5.56 Å². The van der Waals surface area contributed by atoms with Crippen molar-refractivity contribution in [3.05, 3.63) is 70.8 Å². The lowest BCUT2D eigenvalue weighted by Crippen LogP contribution is -2.53. The second kappa shape index (κ2) is 14.1. The predicted molar refractivity (Wildman–Crippen MR) is 160 cm³/mol. The van der Waals surface area contributed by atoms with Crippen LogP contribution in [0.15, 0.2) is 48.5 Å². The van der Waals surface area contributed by atoms with E-state index in [0.717, 1.165) is 87.7 Å². The van der Waals surface area contributed by atoms with Gasteiger partial charge in [-0.05, 0) is 113 Å². The number of benzene rings is 2. The standard InChI is InChI=1S/C35H47NO5/c1-3-39-33(40-4-2)15-8-7-14-31(37)29-12-9-10-26(24-29)16-20-35(21-17-27-11-5-6-13-30(27)35)34(38)41-32-25-36-22-18-28(32)19-23-36/h5-6,9-13,24,28,32-33H,3-4,7-8,14-23,25H2,1-2H3/t32-,35?/m0/s1. The van der Waals surface area contributed by atoms with Crippen molar-refractivity contribution in [1.82, 2.24) is 4.90 Å². The van der Waals surface area contributed by atoms with E-state index in [4.69, 9.17) is 14.2 Å². The van der Waals surface area contributed by atoms with E-state index >= 15 is 0 Å². The van der Waals surface area contributed by atoms with Crippen molar-refractivity contribution in [3.63, 3.8) is 0 Å². The molecule has 6 rings (SSSR count). The van der Waals surface area contributed by atoms with Crippen LogP contribution in [0.3, 0.4) is 0 Å². The molecule has 2 bridgehead atoms. The molecule has 6 nitrogen and oxygen atoms in total. The van der Waals surface area contributed by atoms with Crippen LogP contribution >= 0.6 is 0 Å². The van der Waals surface area contributed by atoms with Crippen LogP contribution in [-0.2, 0) is 37.3 Å². The van der Waals surface area contributed by atoms with Crippen molar-refractivity contribution in [1.29, 1.82) is 0 Å². The third kappa shape index (κ3) is 7.10. The molecule has 2 aromatic carbocycles. The van der Waals surface area contributed by atoms with Gasteiger partial charge in [-0.2, -0.15) is 0 Å². The number of fused-ring (bicyclic) bond motifs is 4. The third-order valence-electron chi connectivity index (χ3n) is 9.49. The lowest BCUT2D eigenvalue weighted by molar-refractivity contribution is -0.166. The number of carbonyl (C=O) groups excluding carboxylic acids is 2. The van der Waals surface area contributed by atoms with Gasteiger partial charge in [0.25, 0.3) is 0 Å². The number of rotatable bonds is 15. The van der Waals surface area contributed by atoms with Crippen LogP contribution < -0.4 is 0 Å². The zero-order valence-corrected chi connectivity index (χ0v) is 24.9. The van der Waals surface area contributed by atoms with Gasteiger partial charge in [-0.3, -0.25) is 14.5 Å². The molecule has 1 aliphatic carbocycles. The molecule has 0 radical (unpaired) electrons. The van der Waals surface area contributed by atoms with Gasteiger partial charge >= 0.3 is 5.97 Å². The molecule has 3 saturated heterocycles. The Hall–Kier alpha value is -2.54. The summed E-state index contributed by atoms with van der Waals surface area (Å²) in [6.45, 7) is 8.32. The van der Waals surface area contributed by atoms with Crippen LogP contribution in [0, 0.1) is 5.92 Å². The maximum atomic E-state index is 14.0. The number of ketones is 1. The number of carbonyl (C=O) groups is 2. The molecule has 6 heteroatoms. The van der Waals surface area contributed by atoms with Gasteiger partial charge in [-0.25, -0.2) is 0 Å². The van der Waals surface area contributed by atoms with E-state index in [1.54, 1.807) is 0 Å². The van der Waals surface area contributed by atoms with Gasteiger partial charge in [-0.1, -0.05) is 42.5 Å².